The van der Waals surface area contributed by atoms with Gasteiger partial charge in [-0.15, -0.1) is 0 Å². The summed E-state index contributed by atoms with van der Waals surface area (Å²) in [5.41, 5.74) is 4.16. The fourth-order valence-electron chi connectivity index (χ4n) is 1.62. The molecule has 0 spiro atoms. The van der Waals surface area contributed by atoms with Gasteiger partial charge in [0.2, 0.25) is 0 Å². The van der Waals surface area contributed by atoms with Crippen molar-refractivity contribution in [2.24, 2.45) is 0 Å². The average Bonchev–Trinajstić information content (AvgIpc) is 2.42. The molecule has 13 heavy (non-hydrogen) atoms. The van der Waals surface area contributed by atoms with Crippen LogP contribution in [0.4, 0.5) is 0 Å². The molecule has 0 amide bonds. The summed E-state index contributed by atoms with van der Waals surface area (Å²) in [5.74, 6) is 0. The van der Waals surface area contributed by atoms with Crippen LogP contribution in [0.2, 0.25) is 0 Å². The molecule has 0 unspecified atom stereocenters. The summed E-state index contributed by atoms with van der Waals surface area (Å²) in [7, 11) is 0. The molecule has 0 radical (unpaired) electrons. The average molecular weight is 180 g/mol. The van der Waals surface area contributed by atoms with Gasteiger partial charge in [-0.2, -0.15) is 0 Å². The molecule has 0 aliphatic rings. The summed E-state index contributed by atoms with van der Waals surface area (Å²) in [6.45, 7) is 4.17. The number of imidazole rings is 1. The van der Waals surface area contributed by atoms with E-state index in [1.165, 1.54) is 11.1 Å². The number of benzene rings is 1. The predicted molar refractivity (Wildman–Crippen MR) is 57.3 cm³/mol. The third-order valence-electron chi connectivity index (χ3n) is 2.35. The predicted octanol–water partition coefficient (Wildman–Crippen LogP) is 2.22. The van der Waals surface area contributed by atoms with Gasteiger partial charge in [0, 0.05) is 2.85 Å². The summed E-state index contributed by atoms with van der Waals surface area (Å²) in [6.07, 6.45) is 0.995. The molecular formula is C10H16N2O. The number of hydrogen-bond donors (Lipinski definition) is 2. The van der Waals surface area contributed by atoms with Gasteiger partial charge in [0.1, 0.15) is 0 Å². The summed E-state index contributed by atoms with van der Waals surface area (Å²) in [6, 6.07) is 4.04. The summed E-state index contributed by atoms with van der Waals surface area (Å²) >= 11 is 0. The number of aromatic nitrogens is 2. The Labute approximate surface area is 78.8 Å². The first-order valence-corrected chi connectivity index (χ1v) is 4.42. The molecule has 0 aliphatic carbocycles. The lowest BCUT2D eigenvalue weighted by molar-refractivity contribution is 1.11. The minimum Gasteiger partial charge on any atom is -0.306 e. The van der Waals surface area contributed by atoms with Crippen molar-refractivity contribution in [1.29, 1.82) is 0 Å². The quantitative estimate of drug-likeness (QED) is 0.694. The fourth-order valence-corrected chi connectivity index (χ4v) is 1.62. The van der Waals surface area contributed by atoms with Gasteiger partial charge < -0.3 is 9.97 Å². The molecule has 0 saturated carbocycles. The SMILES string of the molecule is CCc1cc2[nH]c(=O)[nH]c2cc1C.[HH].[HH]. The van der Waals surface area contributed by atoms with E-state index in [9.17, 15) is 4.79 Å². The normalized spacial score (nSPS) is 10.9. The molecule has 1 heterocycles. The molecule has 3 nitrogen and oxygen atoms in total. The van der Waals surface area contributed by atoms with Crippen molar-refractivity contribution in [3.63, 3.8) is 0 Å². The maximum atomic E-state index is 11.0. The number of fused-ring (bicyclic) bond motifs is 1. The molecule has 72 valence electrons. The second-order valence-corrected chi connectivity index (χ2v) is 3.26. The number of aryl methyl sites for hydroxylation is 2. The van der Waals surface area contributed by atoms with Crippen LogP contribution in [0.1, 0.15) is 20.9 Å². The Morgan fingerprint density at radius 3 is 2.54 bits per heavy atom. The smallest absolute Gasteiger partial charge is 0.306 e. The van der Waals surface area contributed by atoms with Crippen molar-refractivity contribution in [3.05, 3.63) is 33.7 Å². The van der Waals surface area contributed by atoms with Gasteiger partial charge in [0.25, 0.3) is 0 Å². The number of aromatic amines is 2. The van der Waals surface area contributed by atoms with Gasteiger partial charge in [-0.1, -0.05) is 6.92 Å². The number of hydrogen-bond acceptors (Lipinski definition) is 1. The number of rotatable bonds is 1. The zero-order chi connectivity index (χ0) is 9.42. The van der Waals surface area contributed by atoms with Gasteiger partial charge in [-0.3, -0.25) is 0 Å². The molecule has 0 fully saturated rings. The van der Waals surface area contributed by atoms with Crippen LogP contribution in [0, 0.1) is 6.92 Å². The maximum absolute atomic E-state index is 11.0. The number of H-pyrrole nitrogens is 2. The highest BCUT2D eigenvalue weighted by atomic mass is 16.1. The first-order chi connectivity index (χ1) is 6.20. The van der Waals surface area contributed by atoms with E-state index in [0.717, 1.165) is 17.5 Å². The van der Waals surface area contributed by atoms with Crippen molar-refractivity contribution in [2.75, 3.05) is 0 Å². The molecule has 0 aliphatic heterocycles. The Hall–Kier alpha value is -1.51. The zero-order valence-corrected chi connectivity index (χ0v) is 7.77. The zero-order valence-electron chi connectivity index (χ0n) is 7.77. The van der Waals surface area contributed by atoms with Crippen molar-refractivity contribution in [1.82, 2.24) is 9.97 Å². The highest BCUT2D eigenvalue weighted by Crippen LogP contribution is 2.15. The molecule has 0 bridgehead atoms. The summed E-state index contributed by atoms with van der Waals surface area (Å²) in [4.78, 5) is 16.5. The third-order valence-corrected chi connectivity index (χ3v) is 2.35. The molecule has 2 rings (SSSR count). The van der Waals surface area contributed by atoms with Crippen molar-refractivity contribution < 1.29 is 2.85 Å². The van der Waals surface area contributed by atoms with Crippen LogP contribution >= 0.6 is 0 Å². The third kappa shape index (κ3) is 1.26. The van der Waals surface area contributed by atoms with Crippen molar-refractivity contribution in [3.8, 4) is 0 Å². The minimum absolute atomic E-state index is 0. The molecule has 1 aromatic heterocycles. The summed E-state index contributed by atoms with van der Waals surface area (Å²) < 4.78 is 0. The minimum atomic E-state index is -0.136. The Morgan fingerprint density at radius 1 is 1.31 bits per heavy atom. The van der Waals surface area contributed by atoms with Crippen LogP contribution in [0.15, 0.2) is 16.9 Å². The van der Waals surface area contributed by atoms with Crippen LogP contribution in [-0.4, -0.2) is 9.97 Å². The van der Waals surface area contributed by atoms with Gasteiger partial charge in [-0.05, 0) is 36.6 Å². The van der Waals surface area contributed by atoms with Gasteiger partial charge in [0.05, 0.1) is 11.0 Å². The van der Waals surface area contributed by atoms with E-state index >= 15 is 0 Å². The maximum Gasteiger partial charge on any atom is 0.323 e. The van der Waals surface area contributed by atoms with E-state index < -0.39 is 0 Å². The second-order valence-electron chi connectivity index (χ2n) is 3.26. The highest BCUT2D eigenvalue weighted by Gasteiger charge is 2.01. The Balaban J connectivity index is 0.000000980. The lowest BCUT2D eigenvalue weighted by atomic mass is 10.1. The van der Waals surface area contributed by atoms with Crippen LogP contribution in [0.3, 0.4) is 0 Å². The van der Waals surface area contributed by atoms with Crippen LogP contribution in [-0.2, 0) is 6.42 Å². The first kappa shape index (κ1) is 8.10. The monoisotopic (exact) mass is 180 g/mol. The molecule has 3 heteroatoms. The molecular weight excluding hydrogens is 164 g/mol. The Morgan fingerprint density at radius 2 is 1.92 bits per heavy atom. The van der Waals surface area contributed by atoms with E-state index in [1.54, 1.807) is 0 Å². The number of nitrogens with one attached hydrogen (secondary N) is 2. The van der Waals surface area contributed by atoms with Crippen molar-refractivity contribution >= 4 is 11.0 Å². The van der Waals surface area contributed by atoms with Crippen LogP contribution in [0.5, 0.6) is 0 Å². The van der Waals surface area contributed by atoms with E-state index in [4.69, 9.17) is 0 Å². The van der Waals surface area contributed by atoms with Gasteiger partial charge >= 0.3 is 5.69 Å². The van der Waals surface area contributed by atoms with E-state index in [-0.39, 0.29) is 8.54 Å². The lowest BCUT2D eigenvalue weighted by Gasteiger charge is -2.01. The lowest BCUT2D eigenvalue weighted by Crippen LogP contribution is -1.99. The topological polar surface area (TPSA) is 48.6 Å². The Bertz CT molecular complexity index is 502. The standard InChI is InChI=1S/C10H12N2O.2H2/c1-3-7-5-9-8(4-6(7)2)11-10(13)12-9;;/h4-5H,3H2,1-2H3,(H2,11,12,13);2*1H. The van der Waals surface area contributed by atoms with Gasteiger partial charge in [0.15, 0.2) is 0 Å². The largest absolute Gasteiger partial charge is 0.323 e. The van der Waals surface area contributed by atoms with E-state index in [1.807, 2.05) is 12.1 Å². The highest BCUT2D eigenvalue weighted by molar-refractivity contribution is 5.76. The molecule has 0 saturated heterocycles. The second kappa shape index (κ2) is 2.76. The van der Waals surface area contributed by atoms with Crippen molar-refractivity contribution in [2.45, 2.75) is 20.3 Å². The first-order valence-electron chi connectivity index (χ1n) is 4.42. The van der Waals surface area contributed by atoms with Crippen LogP contribution < -0.4 is 5.69 Å². The van der Waals surface area contributed by atoms with E-state index in [2.05, 4.69) is 23.8 Å². The Kier molecular flexibility index (Phi) is 1.72. The van der Waals surface area contributed by atoms with Gasteiger partial charge in [-0.25, -0.2) is 4.79 Å². The van der Waals surface area contributed by atoms with E-state index in [0.29, 0.717) is 0 Å². The molecule has 1 aromatic carbocycles. The summed E-state index contributed by atoms with van der Waals surface area (Å²) in [5, 5.41) is 0. The van der Waals surface area contributed by atoms with Crippen LogP contribution in [0.25, 0.3) is 11.0 Å². The molecule has 2 aromatic rings. The molecule has 0 atom stereocenters. The molecule has 2 N–H and O–H groups in total. The fraction of sp³-hybridized carbons (Fsp3) is 0.300.